The zero-order valence-corrected chi connectivity index (χ0v) is 22.1. The van der Waals surface area contributed by atoms with Gasteiger partial charge in [-0.15, -0.1) is 13.2 Å². The van der Waals surface area contributed by atoms with Gasteiger partial charge in [-0.1, -0.05) is 12.1 Å². The number of nitrogens with two attached hydrogens (primary N) is 1. The van der Waals surface area contributed by atoms with Gasteiger partial charge in [-0.05, 0) is 37.5 Å². The first-order valence-corrected chi connectivity index (χ1v) is 13.6. The lowest BCUT2D eigenvalue weighted by atomic mass is 10.1. The summed E-state index contributed by atoms with van der Waals surface area (Å²) in [6.45, 7) is 3.02. The van der Waals surface area contributed by atoms with Crippen LogP contribution in [0.4, 0.5) is 24.7 Å². The summed E-state index contributed by atoms with van der Waals surface area (Å²) in [4.78, 5) is 28.1. The van der Waals surface area contributed by atoms with Gasteiger partial charge in [-0.25, -0.2) is 18.4 Å². The highest BCUT2D eigenvalue weighted by Crippen LogP contribution is 2.34. The van der Waals surface area contributed by atoms with Crippen LogP contribution in [0.15, 0.2) is 66.1 Å². The maximum atomic E-state index is 13.3. The number of amides is 1. The summed E-state index contributed by atoms with van der Waals surface area (Å²) >= 11 is 0. The Labute approximate surface area is 228 Å². The molecule has 2 aromatic heterocycles. The smallest absolute Gasteiger partial charge is 0.404 e. The summed E-state index contributed by atoms with van der Waals surface area (Å²) in [5.41, 5.74) is 5.87. The average molecular weight is 578 g/mol. The largest absolute Gasteiger partial charge is 0.573 e. The van der Waals surface area contributed by atoms with Crippen LogP contribution in [0.2, 0.25) is 0 Å². The lowest BCUT2D eigenvalue weighted by Gasteiger charge is -2.31. The molecular weight excluding hydrogens is 551 g/mol. The molecule has 1 aromatic carbocycles. The van der Waals surface area contributed by atoms with Gasteiger partial charge >= 0.3 is 6.36 Å². The number of piperazine rings is 1. The Hall–Kier alpha value is -4.24. The molecule has 0 spiro atoms. The van der Waals surface area contributed by atoms with Gasteiger partial charge in [0.1, 0.15) is 10.6 Å². The van der Waals surface area contributed by atoms with Gasteiger partial charge in [0, 0.05) is 37.9 Å². The first-order valence-electron chi connectivity index (χ1n) is 12.0. The molecule has 1 fully saturated rings. The number of aromatic nitrogens is 3. The number of hydrogen-bond acceptors (Lipinski definition) is 10. The molecule has 0 atom stereocenters. The molecule has 3 N–H and O–H groups in total. The molecule has 0 unspecified atom stereocenters. The standard InChI is InChI=1S/C25H26F3N7O4S/c1-34-9-11-35(12-10-34)8-3-13-40(37,38)21-6-5-17(14-20(21)39-25(26,27)28)19-16-31-23(29)22(33-19)24(36)32-18-4-2-7-30-15-18/h2-8,14-16H,9-13H2,1H3,(H2,29,31)(H,32,36). The average Bonchev–Trinajstić information content (AvgIpc) is 2.89. The molecule has 11 nitrogen and oxygen atoms in total. The molecule has 3 heterocycles. The van der Waals surface area contributed by atoms with Crippen LogP contribution in [-0.4, -0.2) is 84.4 Å². The van der Waals surface area contributed by atoms with Gasteiger partial charge in [-0.3, -0.25) is 9.78 Å². The van der Waals surface area contributed by atoms with E-state index in [4.69, 9.17) is 5.73 Å². The van der Waals surface area contributed by atoms with Gasteiger partial charge in [0.2, 0.25) is 0 Å². The second-order valence-electron chi connectivity index (χ2n) is 8.90. The van der Waals surface area contributed by atoms with Crippen molar-refractivity contribution in [2.75, 3.05) is 50.0 Å². The number of carbonyl (C=O) groups excluding carboxylic acids is 1. The van der Waals surface area contributed by atoms with E-state index in [9.17, 15) is 26.4 Å². The Morgan fingerprint density at radius 1 is 1.18 bits per heavy atom. The van der Waals surface area contributed by atoms with Gasteiger partial charge in [-0.2, -0.15) is 0 Å². The zero-order chi connectivity index (χ0) is 28.9. The van der Waals surface area contributed by atoms with Crippen molar-refractivity contribution in [3.05, 3.63) is 66.9 Å². The highest BCUT2D eigenvalue weighted by Gasteiger charge is 2.34. The van der Waals surface area contributed by atoms with Gasteiger partial charge in [0.25, 0.3) is 5.91 Å². The quantitative estimate of drug-likeness (QED) is 0.410. The van der Waals surface area contributed by atoms with E-state index < -0.39 is 38.5 Å². The Kier molecular flexibility index (Phi) is 8.54. The minimum absolute atomic E-state index is 0.0223. The fourth-order valence-electron chi connectivity index (χ4n) is 3.84. The van der Waals surface area contributed by atoms with Crippen LogP contribution < -0.4 is 15.8 Å². The third kappa shape index (κ3) is 7.45. The predicted octanol–water partition coefficient (Wildman–Crippen LogP) is 2.81. The first-order chi connectivity index (χ1) is 18.9. The van der Waals surface area contributed by atoms with E-state index in [-0.39, 0.29) is 22.8 Å². The number of pyridine rings is 1. The Morgan fingerprint density at radius 3 is 2.60 bits per heavy atom. The minimum Gasteiger partial charge on any atom is -0.404 e. The summed E-state index contributed by atoms with van der Waals surface area (Å²) in [7, 11) is -2.23. The number of nitrogens with one attached hydrogen (secondary N) is 1. The van der Waals surface area contributed by atoms with Crippen LogP contribution in [0.5, 0.6) is 5.75 Å². The Balaban J connectivity index is 1.61. The van der Waals surface area contributed by atoms with Gasteiger partial charge in [0.05, 0.1) is 29.5 Å². The summed E-state index contributed by atoms with van der Waals surface area (Å²) in [6.07, 6.45) is 1.91. The van der Waals surface area contributed by atoms with Gasteiger partial charge in [0.15, 0.2) is 21.3 Å². The number of halogens is 3. The lowest BCUT2D eigenvalue weighted by Crippen LogP contribution is -2.41. The number of ether oxygens (including phenoxy) is 1. The van der Waals surface area contributed by atoms with Gasteiger partial charge < -0.3 is 25.6 Å². The molecule has 40 heavy (non-hydrogen) atoms. The predicted molar refractivity (Wildman–Crippen MR) is 141 cm³/mol. The van der Waals surface area contributed by atoms with Crippen LogP contribution in [0.1, 0.15) is 10.5 Å². The summed E-state index contributed by atoms with van der Waals surface area (Å²) in [5, 5.41) is 2.55. The molecule has 15 heteroatoms. The maximum Gasteiger partial charge on any atom is 0.573 e. The van der Waals surface area contributed by atoms with E-state index in [2.05, 4.69) is 29.9 Å². The maximum absolute atomic E-state index is 13.3. The topological polar surface area (TPSA) is 144 Å². The molecule has 1 aliphatic heterocycles. The highest BCUT2D eigenvalue weighted by molar-refractivity contribution is 7.91. The molecule has 0 saturated carbocycles. The van der Waals surface area contributed by atoms with Crippen molar-refractivity contribution in [3.63, 3.8) is 0 Å². The molecule has 3 aromatic rings. The number of nitrogens with zero attached hydrogens (tertiary/aromatic N) is 5. The molecule has 1 amide bonds. The molecule has 4 rings (SSSR count). The Bertz CT molecular complexity index is 1490. The number of hydrogen-bond donors (Lipinski definition) is 2. The molecule has 0 aliphatic carbocycles. The molecule has 212 valence electrons. The number of benzene rings is 1. The number of rotatable bonds is 8. The van der Waals surface area contributed by atoms with Crippen LogP contribution in [-0.2, 0) is 9.84 Å². The van der Waals surface area contributed by atoms with E-state index >= 15 is 0 Å². The number of anilines is 2. The number of sulfone groups is 1. The summed E-state index contributed by atoms with van der Waals surface area (Å²) in [5.74, 6) is -2.41. The number of carbonyl (C=O) groups is 1. The molecule has 1 aliphatic rings. The van der Waals surface area contributed by atoms with Crippen molar-refractivity contribution in [2.24, 2.45) is 0 Å². The van der Waals surface area contributed by atoms with Crippen molar-refractivity contribution in [1.82, 2.24) is 24.8 Å². The lowest BCUT2D eigenvalue weighted by molar-refractivity contribution is -0.275. The summed E-state index contributed by atoms with van der Waals surface area (Å²) < 4.78 is 69.9. The fourth-order valence-corrected chi connectivity index (χ4v) is 5.04. The second kappa shape index (κ2) is 11.9. The zero-order valence-electron chi connectivity index (χ0n) is 21.3. The normalized spacial score (nSPS) is 14.8. The number of alkyl halides is 3. The number of nitrogen functional groups attached to an aromatic ring is 1. The van der Waals surface area contributed by atoms with Crippen LogP contribution >= 0.6 is 0 Å². The van der Waals surface area contributed by atoms with E-state index in [0.717, 1.165) is 31.4 Å². The Morgan fingerprint density at radius 2 is 1.93 bits per heavy atom. The van der Waals surface area contributed by atoms with Crippen molar-refractivity contribution >= 4 is 27.2 Å². The van der Waals surface area contributed by atoms with Crippen molar-refractivity contribution < 1.29 is 31.1 Å². The molecular formula is C25H26F3N7O4S. The molecule has 0 bridgehead atoms. The minimum atomic E-state index is -5.17. The van der Waals surface area contributed by atoms with E-state index in [1.807, 2.05) is 11.9 Å². The van der Waals surface area contributed by atoms with Crippen molar-refractivity contribution in [3.8, 4) is 17.0 Å². The summed E-state index contributed by atoms with van der Waals surface area (Å²) in [6, 6.07) is 6.32. The van der Waals surface area contributed by atoms with Crippen molar-refractivity contribution in [1.29, 1.82) is 0 Å². The van der Waals surface area contributed by atoms with Crippen LogP contribution in [0.25, 0.3) is 11.3 Å². The van der Waals surface area contributed by atoms with Crippen LogP contribution in [0.3, 0.4) is 0 Å². The van der Waals surface area contributed by atoms with Crippen molar-refractivity contribution in [2.45, 2.75) is 11.3 Å². The number of likely N-dealkylation sites (N-methyl/N-ethyl adjacent to an activating group) is 1. The SMILES string of the molecule is CN1CCN(C=CCS(=O)(=O)c2ccc(-c3cnc(N)c(C(=O)Nc4cccnc4)n3)cc2OC(F)(F)F)CC1. The monoisotopic (exact) mass is 577 g/mol. The fraction of sp³-hybridized carbons (Fsp3) is 0.280. The van der Waals surface area contributed by atoms with E-state index in [1.165, 1.54) is 24.5 Å². The highest BCUT2D eigenvalue weighted by atomic mass is 32.2. The third-order valence-corrected chi connectivity index (χ3v) is 7.54. The van der Waals surface area contributed by atoms with Crippen LogP contribution in [0, 0.1) is 0 Å². The third-order valence-electron chi connectivity index (χ3n) is 5.91. The molecule has 0 radical (unpaired) electrons. The van der Waals surface area contributed by atoms with E-state index in [1.54, 1.807) is 18.3 Å². The first kappa shape index (κ1) is 28.8. The molecule has 1 saturated heterocycles. The second-order valence-corrected chi connectivity index (χ2v) is 10.9. The van der Waals surface area contributed by atoms with E-state index in [0.29, 0.717) is 18.8 Å².